The summed E-state index contributed by atoms with van der Waals surface area (Å²) in [5.74, 6) is 1.54. The van der Waals surface area contributed by atoms with Crippen molar-refractivity contribution in [2.45, 2.75) is 30.4 Å². The molecule has 27 heavy (non-hydrogen) atoms. The van der Waals surface area contributed by atoms with Gasteiger partial charge in [-0.3, -0.25) is 0 Å². The van der Waals surface area contributed by atoms with Gasteiger partial charge in [-0.1, -0.05) is 40.4 Å². The van der Waals surface area contributed by atoms with Crippen LogP contribution in [0.3, 0.4) is 0 Å². The molecule has 0 amide bonds. The normalized spacial score (nSPS) is 12.3. The first kappa shape index (κ1) is 17.7. The standard InChI is InChI=1S/C18H17N5O2S2/c1-10-6-4-7-13(11(10)2)19-17-21-22-18(27-17)26-12(3)16-20-15(23-25-16)14-8-5-9-24-14/h4-9,12H,1-3H3,(H,19,21)/t12-/m1/s1. The van der Waals surface area contributed by atoms with Crippen molar-refractivity contribution in [3.63, 3.8) is 0 Å². The number of furan rings is 1. The lowest BCUT2D eigenvalue weighted by atomic mass is 10.1. The van der Waals surface area contributed by atoms with E-state index >= 15 is 0 Å². The van der Waals surface area contributed by atoms with E-state index in [1.54, 1.807) is 18.4 Å². The SMILES string of the molecule is Cc1cccc(Nc2nnc(S[C@H](C)c3nc(-c4ccco4)no3)s2)c1C. The predicted molar refractivity (Wildman–Crippen MR) is 105 cm³/mol. The number of benzene rings is 1. The number of nitrogens with zero attached hydrogens (tertiary/aromatic N) is 4. The van der Waals surface area contributed by atoms with E-state index in [1.807, 2.05) is 19.1 Å². The first-order valence-corrected chi connectivity index (χ1v) is 10.0. The average molecular weight is 400 g/mol. The third kappa shape index (κ3) is 3.88. The third-order valence-corrected chi connectivity index (χ3v) is 6.07. The summed E-state index contributed by atoms with van der Waals surface area (Å²) in [6.07, 6.45) is 1.58. The van der Waals surface area contributed by atoms with E-state index in [9.17, 15) is 0 Å². The summed E-state index contributed by atoms with van der Waals surface area (Å²) in [5.41, 5.74) is 3.47. The smallest absolute Gasteiger partial charge is 0.240 e. The van der Waals surface area contributed by atoms with Crippen molar-refractivity contribution >= 4 is 33.9 Å². The second-order valence-corrected chi connectivity index (χ2v) is 8.50. The number of nitrogens with one attached hydrogen (secondary N) is 1. The van der Waals surface area contributed by atoms with E-state index in [2.05, 4.69) is 45.6 Å². The van der Waals surface area contributed by atoms with Crippen LogP contribution in [0.15, 0.2) is 49.9 Å². The molecule has 138 valence electrons. The Morgan fingerprint density at radius 1 is 1.15 bits per heavy atom. The number of anilines is 2. The molecule has 0 fully saturated rings. The van der Waals surface area contributed by atoms with E-state index in [4.69, 9.17) is 8.94 Å². The maximum atomic E-state index is 5.35. The summed E-state index contributed by atoms with van der Waals surface area (Å²) in [7, 11) is 0. The Balaban J connectivity index is 1.44. The Kier molecular flexibility index (Phi) is 4.95. The molecule has 7 nitrogen and oxygen atoms in total. The van der Waals surface area contributed by atoms with Gasteiger partial charge in [-0.15, -0.1) is 10.2 Å². The Morgan fingerprint density at radius 3 is 2.85 bits per heavy atom. The van der Waals surface area contributed by atoms with Gasteiger partial charge >= 0.3 is 0 Å². The van der Waals surface area contributed by atoms with Crippen LogP contribution in [-0.2, 0) is 0 Å². The predicted octanol–water partition coefficient (Wildman–Crippen LogP) is 5.39. The molecule has 1 atom stereocenters. The van der Waals surface area contributed by atoms with E-state index in [0.717, 1.165) is 15.2 Å². The van der Waals surface area contributed by atoms with Crippen molar-refractivity contribution in [1.29, 1.82) is 0 Å². The molecule has 0 radical (unpaired) electrons. The highest BCUT2D eigenvalue weighted by atomic mass is 32.2. The third-order valence-electron chi connectivity index (χ3n) is 4.06. The molecule has 0 aliphatic heterocycles. The number of aryl methyl sites for hydroxylation is 1. The van der Waals surface area contributed by atoms with Crippen molar-refractivity contribution in [3.8, 4) is 11.6 Å². The number of hydrogen-bond acceptors (Lipinski definition) is 9. The lowest BCUT2D eigenvalue weighted by Gasteiger charge is -2.08. The molecule has 1 aromatic carbocycles. The summed E-state index contributed by atoms with van der Waals surface area (Å²) in [4.78, 5) is 4.39. The molecule has 0 spiro atoms. The van der Waals surface area contributed by atoms with Crippen LogP contribution in [0.25, 0.3) is 11.6 Å². The van der Waals surface area contributed by atoms with Crippen LogP contribution in [0.5, 0.6) is 0 Å². The zero-order chi connectivity index (χ0) is 18.8. The van der Waals surface area contributed by atoms with Gasteiger partial charge < -0.3 is 14.3 Å². The van der Waals surface area contributed by atoms with E-state index < -0.39 is 0 Å². The molecule has 1 N–H and O–H groups in total. The average Bonchev–Trinajstić information content (AvgIpc) is 3.39. The monoisotopic (exact) mass is 399 g/mol. The first-order chi connectivity index (χ1) is 13.1. The Hall–Kier alpha value is -2.65. The molecule has 0 aliphatic carbocycles. The van der Waals surface area contributed by atoms with E-state index in [1.165, 1.54) is 34.2 Å². The number of thioether (sulfide) groups is 1. The van der Waals surface area contributed by atoms with Crippen LogP contribution in [0.2, 0.25) is 0 Å². The first-order valence-electron chi connectivity index (χ1n) is 8.31. The summed E-state index contributed by atoms with van der Waals surface area (Å²) in [6.45, 7) is 6.16. The summed E-state index contributed by atoms with van der Waals surface area (Å²) < 4.78 is 11.5. The molecule has 0 aliphatic rings. The molecule has 0 bridgehead atoms. The van der Waals surface area contributed by atoms with Crippen LogP contribution in [0, 0.1) is 13.8 Å². The van der Waals surface area contributed by atoms with Gasteiger partial charge in [0.25, 0.3) is 0 Å². The highest BCUT2D eigenvalue weighted by Crippen LogP contribution is 2.38. The number of hydrogen-bond donors (Lipinski definition) is 1. The van der Waals surface area contributed by atoms with Crippen molar-refractivity contribution < 1.29 is 8.94 Å². The molecule has 4 rings (SSSR count). The Morgan fingerprint density at radius 2 is 2.04 bits per heavy atom. The zero-order valence-electron chi connectivity index (χ0n) is 15.0. The van der Waals surface area contributed by atoms with Gasteiger partial charge in [0.15, 0.2) is 10.1 Å². The van der Waals surface area contributed by atoms with Crippen molar-refractivity contribution in [2.24, 2.45) is 0 Å². The van der Waals surface area contributed by atoms with Gasteiger partial charge in [0, 0.05) is 5.69 Å². The number of aromatic nitrogens is 4. The Labute approximate surface area is 164 Å². The zero-order valence-corrected chi connectivity index (χ0v) is 16.6. The maximum Gasteiger partial charge on any atom is 0.240 e. The minimum absolute atomic E-state index is 0.0530. The van der Waals surface area contributed by atoms with E-state index in [-0.39, 0.29) is 5.25 Å². The lowest BCUT2D eigenvalue weighted by Crippen LogP contribution is -1.94. The number of rotatable bonds is 6. The molecular weight excluding hydrogens is 382 g/mol. The van der Waals surface area contributed by atoms with Gasteiger partial charge in [0.1, 0.15) is 0 Å². The van der Waals surface area contributed by atoms with Gasteiger partial charge in [-0.25, -0.2) is 0 Å². The van der Waals surface area contributed by atoms with E-state index in [0.29, 0.717) is 17.5 Å². The van der Waals surface area contributed by atoms with Crippen LogP contribution < -0.4 is 5.32 Å². The fourth-order valence-corrected chi connectivity index (χ4v) is 4.36. The maximum absolute atomic E-state index is 5.35. The Bertz CT molecular complexity index is 1040. The topological polar surface area (TPSA) is 89.9 Å². The fourth-order valence-electron chi connectivity index (χ4n) is 2.42. The summed E-state index contributed by atoms with van der Waals surface area (Å²) in [5, 5.41) is 16.5. The van der Waals surface area contributed by atoms with Gasteiger partial charge in [0.2, 0.25) is 16.8 Å². The van der Waals surface area contributed by atoms with Crippen LogP contribution in [-0.4, -0.2) is 20.3 Å². The molecule has 4 aromatic rings. The highest BCUT2D eigenvalue weighted by Gasteiger charge is 2.19. The molecular formula is C18H17N5O2S2. The van der Waals surface area contributed by atoms with Gasteiger partial charge in [-0.05, 0) is 50.1 Å². The fraction of sp³-hybridized carbons (Fsp3) is 0.222. The quantitative estimate of drug-likeness (QED) is 0.431. The molecule has 3 heterocycles. The molecule has 0 saturated carbocycles. The minimum atomic E-state index is -0.0530. The molecule has 0 unspecified atom stereocenters. The van der Waals surface area contributed by atoms with Crippen molar-refractivity contribution in [2.75, 3.05) is 5.32 Å². The van der Waals surface area contributed by atoms with Crippen molar-refractivity contribution in [3.05, 3.63) is 53.6 Å². The van der Waals surface area contributed by atoms with Crippen LogP contribution >= 0.6 is 23.1 Å². The molecule has 0 saturated heterocycles. The van der Waals surface area contributed by atoms with Gasteiger partial charge in [-0.2, -0.15) is 4.98 Å². The highest BCUT2D eigenvalue weighted by molar-refractivity contribution is 8.01. The van der Waals surface area contributed by atoms with Crippen LogP contribution in [0.1, 0.15) is 29.2 Å². The summed E-state index contributed by atoms with van der Waals surface area (Å²) >= 11 is 3.02. The lowest BCUT2D eigenvalue weighted by molar-refractivity contribution is 0.379. The summed E-state index contributed by atoms with van der Waals surface area (Å²) in [6, 6.07) is 9.73. The second-order valence-electron chi connectivity index (χ2n) is 5.94. The van der Waals surface area contributed by atoms with Gasteiger partial charge in [0.05, 0.1) is 11.5 Å². The largest absolute Gasteiger partial charge is 0.461 e. The van der Waals surface area contributed by atoms with Crippen molar-refractivity contribution in [1.82, 2.24) is 20.3 Å². The minimum Gasteiger partial charge on any atom is -0.461 e. The molecule has 9 heteroatoms. The second kappa shape index (κ2) is 7.53. The van der Waals surface area contributed by atoms with Crippen LogP contribution in [0.4, 0.5) is 10.8 Å². The molecule has 3 aromatic heterocycles.